The van der Waals surface area contributed by atoms with Gasteiger partial charge < -0.3 is 25.8 Å². The third-order valence-corrected chi connectivity index (χ3v) is 11.7. The molecule has 0 saturated carbocycles. The normalized spacial score (nSPS) is 20.4. The lowest BCUT2D eigenvalue weighted by Crippen LogP contribution is -2.43. The second-order valence-electron chi connectivity index (χ2n) is 14.1. The van der Waals surface area contributed by atoms with Crippen molar-refractivity contribution in [1.29, 1.82) is 5.26 Å². The first-order chi connectivity index (χ1) is 27.0. The molecule has 0 amide bonds. The van der Waals surface area contributed by atoms with Crippen molar-refractivity contribution in [2.45, 2.75) is 62.2 Å². The average molecular weight is 824 g/mol. The molecule has 3 aliphatic rings. The van der Waals surface area contributed by atoms with E-state index in [1.807, 2.05) is 4.90 Å². The Morgan fingerprint density at radius 2 is 1.84 bits per heavy atom. The molecule has 57 heavy (non-hydrogen) atoms. The number of ether oxygens (including phenoxy) is 2. The van der Waals surface area contributed by atoms with E-state index in [0.717, 1.165) is 18.6 Å². The van der Waals surface area contributed by atoms with Crippen molar-refractivity contribution in [1.82, 2.24) is 24.8 Å². The number of nitriles is 1. The number of halogens is 9. The van der Waals surface area contributed by atoms with E-state index in [9.17, 15) is 22.8 Å². The van der Waals surface area contributed by atoms with Gasteiger partial charge in [0.15, 0.2) is 5.82 Å². The van der Waals surface area contributed by atoms with E-state index in [-0.39, 0.29) is 51.7 Å². The number of aromatic nitrogens is 4. The molecule has 0 radical (unpaired) electrons. The van der Waals surface area contributed by atoms with Crippen molar-refractivity contribution in [2.75, 3.05) is 49.2 Å². The standard InChI is InChI=1S/C36H30F9N9O2S/c37-16-12-34(5-1-9-53(34)14-16)15-56-33-51-27-23-28(55-11-10-54(32(23)52-33)20(4-6-35(40,41)42)26-30(47)50-8-7-49-26)24(36(43,44)45)22(25(27)39)17-2-3-19(38)29-21(17)18(13-46)31(48)57-29/h2-3,7-8,16,20H,1,4-6,9-12,14-15,48H2,(H2,47,50)/t16-,20-,34+/m1/s1. The molecule has 0 spiro atoms. The maximum Gasteiger partial charge on any atom is 0.420 e. The first kappa shape index (κ1) is 38.5. The Bertz CT molecular complexity index is 2460. The molecule has 3 aliphatic heterocycles. The maximum absolute atomic E-state index is 17.5. The molecule has 21 heteroatoms. The largest absolute Gasteiger partial charge is 0.490 e. The number of thiophene rings is 1. The SMILES string of the molecule is N#Cc1c(N)sc2c(F)ccc(-c3c(C(F)(F)F)c4c5c(nc(OC[C@@]67CCCN6C[C@H](F)C7)nc5c3F)N([C@H](CCC(F)(F)F)c3nccnc3N)CCO4)c12. The van der Waals surface area contributed by atoms with E-state index in [0.29, 0.717) is 24.3 Å². The van der Waals surface area contributed by atoms with Crippen LogP contribution in [0.2, 0.25) is 0 Å². The van der Waals surface area contributed by atoms with Crippen LogP contribution >= 0.6 is 11.3 Å². The molecular weight excluding hydrogens is 794 g/mol. The highest BCUT2D eigenvalue weighted by molar-refractivity contribution is 7.23. The first-order valence-corrected chi connectivity index (χ1v) is 18.4. The van der Waals surface area contributed by atoms with Crippen molar-refractivity contribution >= 4 is 49.0 Å². The summed E-state index contributed by atoms with van der Waals surface area (Å²) >= 11 is 0.587. The fraction of sp³-hybridized carbons (Fsp3) is 0.417. The van der Waals surface area contributed by atoms with Gasteiger partial charge >= 0.3 is 18.4 Å². The summed E-state index contributed by atoms with van der Waals surface area (Å²) < 4.78 is 147. The molecule has 3 atom stereocenters. The van der Waals surface area contributed by atoms with Gasteiger partial charge in [-0.1, -0.05) is 6.07 Å². The molecule has 300 valence electrons. The summed E-state index contributed by atoms with van der Waals surface area (Å²) in [5.74, 6) is -4.29. The van der Waals surface area contributed by atoms with Gasteiger partial charge in [0.2, 0.25) is 0 Å². The van der Waals surface area contributed by atoms with Crippen LogP contribution in [-0.4, -0.2) is 75.6 Å². The zero-order valence-corrected chi connectivity index (χ0v) is 30.3. The summed E-state index contributed by atoms with van der Waals surface area (Å²) in [6.45, 7) is -0.518. The van der Waals surface area contributed by atoms with Crippen LogP contribution in [-0.2, 0) is 6.18 Å². The van der Waals surface area contributed by atoms with E-state index < -0.39 is 113 Å². The van der Waals surface area contributed by atoms with E-state index in [1.165, 1.54) is 17.3 Å². The van der Waals surface area contributed by atoms with Gasteiger partial charge in [0.1, 0.15) is 70.4 Å². The van der Waals surface area contributed by atoms with Crippen molar-refractivity contribution in [3.05, 3.63) is 53.0 Å². The van der Waals surface area contributed by atoms with Gasteiger partial charge in [0, 0.05) is 42.7 Å². The number of benzene rings is 2. The van der Waals surface area contributed by atoms with Crippen molar-refractivity contribution < 1.29 is 49.0 Å². The van der Waals surface area contributed by atoms with E-state index in [1.54, 1.807) is 6.07 Å². The molecule has 2 saturated heterocycles. The molecule has 8 rings (SSSR count). The van der Waals surface area contributed by atoms with Crippen LogP contribution in [0.5, 0.6) is 11.8 Å². The summed E-state index contributed by atoms with van der Waals surface area (Å²) in [6, 6.07) is 1.42. The highest BCUT2D eigenvalue weighted by Crippen LogP contribution is 2.54. The molecular formula is C36H30F9N9O2S. The highest BCUT2D eigenvalue weighted by atomic mass is 32.1. The molecule has 3 aromatic heterocycles. The number of rotatable bonds is 8. The van der Waals surface area contributed by atoms with Gasteiger partial charge in [-0.05, 0) is 37.4 Å². The fourth-order valence-corrected chi connectivity index (χ4v) is 9.32. The average Bonchev–Trinajstić information content (AvgIpc) is 3.75. The molecule has 4 N–H and O–H groups in total. The van der Waals surface area contributed by atoms with E-state index in [2.05, 4.69) is 19.9 Å². The minimum atomic E-state index is -5.40. The van der Waals surface area contributed by atoms with E-state index in [4.69, 9.17) is 20.9 Å². The quantitative estimate of drug-likeness (QED) is 0.147. The Morgan fingerprint density at radius 3 is 2.56 bits per heavy atom. The number of anilines is 3. The van der Waals surface area contributed by atoms with Crippen molar-refractivity contribution in [3.8, 4) is 29.0 Å². The maximum atomic E-state index is 17.5. The van der Waals surface area contributed by atoms with Crippen LogP contribution in [0.25, 0.3) is 32.1 Å². The molecule has 0 aliphatic carbocycles. The van der Waals surface area contributed by atoms with Gasteiger partial charge in [-0.3, -0.25) is 9.88 Å². The van der Waals surface area contributed by atoms with Crippen LogP contribution in [0.4, 0.5) is 56.2 Å². The minimum absolute atomic E-state index is 0.0992. The smallest absolute Gasteiger partial charge is 0.420 e. The van der Waals surface area contributed by atoms with Crippen molar-refractivity contribution in [2.24, 2.45) is 0 Å². The summed E-state index contributed by atoms with van der Waals surface area (Å²) in [6.07, 6.45) is -9.69. The van der Waals surface area contributed by atoms with Crippen LogP contribution in [0.15, 0.2) is 24.5 Å². The van der Waals surface area contributed by atoms with Crippen LogP contribution in [0, 0.1) is 23.0 Å². The third-order valence-electron chi connectivity index (χ3n) is 10.7. The van der Waals surface area contributed by atoms with Gasteiger partial charge in [-0.2, -0.15) is 41.6 Å². The Kier molecular flexibility index (Phi) is 9.41. The molecule has 0 bridgehead atoms. The Labute approximate surface area is 321 Å². The Hall–Kier alpha value is -5.36. The minimum Gasteiger partial charge on any atom is -0.490 e. The molecule has 2 aromatic carbocycles. The second kappa shape index (κ2) is 13.9. The number of fused-ring (bicyclic) bond motifs is 2. The summed E-state index contributed by atoms with van der Waals surface area (Å²) in [7, 11) is 0. The lowest BCUT2D eigenvalue weighted by atomic mass is 9.91. The Morgan fingerprint density at radius 1 is 1.07 bits per heavy atom. The molecule has 11 nitrogen and oxygen atoms in total. The highest BCUT2D eigenvalue weighted by Gasteiger charge is 2.50. The molecule has 0 unspecified atom stereocenters. The van der Waals surface area contributed by atoms with Gasteiger partial charge in [-0.25, -0.2) is 18.2 Å². The topological polar surface area (TPSA) is 152 Å². The molecule has 2 fully saturated rings. The number of hydrogen-bond donors (Lipinski definition) is 2. The summed E-state index contributed by atoms with van der Waals surface area (Å²) in [5, 5.41) is 8.65. The molecule has 6 heterocycles. The second-order valence-corrected chi connectivity index (χ2v) is 15.2. The zero-order chi connectivity index (χ0) is 40.6. The van der Waals surface area contributed by atoms with E-state index >= 15 is 22.0 Å². The van der Waals surface area contributed by atoms with Crippen LogP contribution in [0.1, 0.15) is 55.0 Å². The van der Waals surface area contributed by atoms with Crippen LogP contribution < -0.4 is 25.8 Å². The lowest BCUT2D eigenvalue weighted by Gasteiger charge is -2.33. The van der Waals surface area contributed by atoms with Gasteiger partial charge in [-0.15, -0.1) is 11.3 Å². The fourth-order valence-electron chi connectivity index (χ4n) is 8.37. The van der Waals surface area contributed by atoms with Gasteiger partial charge in [0.25, 0.3) is 0 Å². The number of nitrogens with two attached hydrogens (primary N) is 2. The first-order valence-electron chi connectivity index (χ1n) is 17.6. The number of hydrogen-bond acceptors (Lipinski definition) is 12. The number of nitrogens with zero attached hydrogens (tertiary/aromatic N) is 7. The number of alkyl halides is 7. The lowest BCUT2D eigenvalue weighted by molar-refractivity contribution is -0.138. The zero-order valence-electron chi connectivity index (χ0n) is 29.4. The number of nitrogen functional groups attached to an aromatic ring is 2. The summed E-state index contributed by atoms with van der Waals surface area (Å²) in [5.41, 5.74) is 6.54. The van der Waals surface area contributed by atoms with Crippen LogP contribution in [0.3, 0.4) is 0 Å². The van der Waals surface area contributed by atoms with Gasteiger partial charge in [0.05, 0.1) is 33.8 Å². The van der Waals surface area contributed by atoms with Crippen molar-refractivity contribution in [3.63, 3.8) is 0 Å². The summed E-state index contributed by atoms with van der Waals surface area (Å²) in [4.78, 5) is 19.9. The Balaban J connectivity index is 1.42. The molecule has 5 aromatic rings. The predicted octanol–water partition coefficient (Wildman–Crippen LogP) is 7.87. The third kappa shape index (κ3) is 6.61. The predicted molar refractivity (Wildman–Crippen MR) is 190 cm³/mol. The monoisotopic (exact) mass is 823 g/mol.